The van der Waals surface area contributed by atoms with Crippen molar-refractivity contribution in [2.45, 2.75) is 71.3 Å². The third-order valence-corrected chi connectivity index (χ3v) is 5.58. The molecule has 1 fully saturated rings. The number of unbranched alkanes of at least 4 members (excludes halogenated alkanes) is 1. The van der Waals surface area contributed by atoms with Crippen molar-refractivity contribution in [2.75, 3.05) is 20.6 Å². The molecule has 26 heavy (non-hydrogen) atoms. The second-order valence-corrected chi connectivity index (χ2v) is 8.42. The van der Waals surface area contributed by atoms with E-state index in [0.717, 1.165) is 17.9 Å². The molecule has 1 aliphatic heterocycles. The molecule has 1 rings (SSSR count). The lowest BCUT2D eigenvalue weighted by atomic mass is 9.71. The predicted octanol–water partition coefficient (Wildman–Crippen LogP) is 2.18. The van der Waals surface area contributed by atoms with E-state index in [9.17, 15) is 19.6 Å². The Hall–Kier alpha value is -1.63. The molecule has 2 N–H and O–H groups in total. The first kappa shape index (κ1) is 22.4. The third-order valence-electron chi connectivity index (χ3n) is 5.58. The van der Waals surface area contributed by atoms with Crippen molar-refractivity contribution in [2.24, 2.45) is 11.3 Å². The summed E-state index contributed by atoms with van der Waals surface area (Å²) in [6, 6.07) is 0. The average Bonchev–Trinajstić information content (AvgIpc) is 3.00. The van der Waals surface area contributed by atoms with Gasteiger partial charge in [0.15, 0.2) is 0 Å². The van der Waals surface area contributed by atoms with Gasteiger partial charge in [-0.2, -0.15) is 0 Å². The highest BCUT2D eigenvalue weighted by Crippen LogP contribution is 2.41. The van der Waals surface area contributed by atoms with Crippen molar-refractivity contribution >= 4 is 18.2 Å². The number of nitrogens with zero attached hydrogens (tertiary/aromatic N) is 2. The summed E-state index contributed by atoms with van der Waals surface area (Å²) in [6.45, 7) is 6.63. The Bertz CT molecular complexity index is 507. The first-order valence-electron chi connectivity index (χ1n) is 9.51. The molecule has 2 atom stereocenters. The highest BCUT2D eigenvalue weighted by molar-refractivity contribution is 5.82. The first-order chi connectivity index (χ1) is 12.1. The molecule has 0 aromatic carbocycles. The van der Waals surface area contributed by atoms with Gasteiger partial charge in [0, 0.05) is 27.1 Å². The van der Waals surface area contributed by atoms with Crippen LogP contribution in [0.4, 0.5) is 0 Å². The summed E-state index contributed by atoms with van der Waals surface area (Å²) in [4.78, 5) is 37.5. The van der Waals surface area contributed by atoms with E-state index in [1.807, 2.05) is 20.8 Å². The maximum absolute atomic E-state index is 12.4. The Balaban J connectivity index is 3.05. The van der Waals surface area contributed by atoms with E-state index in [-0.39, 0.29) is 17.2 Å². The van der Waals surface area contributed by atoms with Gasteiger partial charge in [0.2, 0.25) is 18.2 Å². The molecular weight excluding hydrogens is 334 g/mol. The molecule has 0 aromatic rings. The van der Waals surface area contributed by atoms with Crippen LogP contribution < -0.4 is 5.32 Å². The van der Waals surface area contributed by atoms with Crippen LogP contribution in [0.15, 0.2) is 0 Å². The van der Waals surface area contributed by atoms with Crippen LogP contribution in [0.2, 0.25) is 0 Å². The van der Waals surface area contributed by atoms with Crippen LogP contribution in [0.5, 0.6) is 0 Å². The molecular formula is C19H35N3O4. The van der Waals surface area contributed by atoms with Crippen molar-refractivity contribution < 1.29 is 19.6 Å². The normalized spacial score (nSPS) is 19.6. The van der Waals surface area contributed by atoms with E-state index in [0.29, 0.717) is 45.1 Å². The zero-order valence-electron chi connectivity index (χ0n) is 16.9. The van der Waals surface area contributed by atoms with Gasteiger partial charge in [-0.25, -0.2) is 5.06 Å². The number of rotatable bonds is 11. The van der Waals surface area contributed by atoms with E-state index in [4.69, 9.17) is 0 Å². The molecule has 150 valence electrons. The zero-order chi connectivity index (χ0) is 20.0. The summed E-state index contributed by atoms with van der Waals surface area (Å²) >= 11 is 0. The quantitative estimate of drug-likeness (QED) is 0.332. The molecule has 2 unspecified atom stereocenters. The molecule has 0 saturated carbocycles. The van der Waals surface area contributed by atoms with Gasteiger partial charge in [0.1, 0.15) is 0 Å². The topological polar surface area (TPSA) is 90.0 Å². The second kappa shape index (κ2) is 9.35. The van der Waals surface area contributed by atoms with E-state index in [2.05, 4.69) is 5.32 Å². The van der Waals surface area contributed by atoms with Crippen LogP contribution in [0.25, 0.3) is 0 Å². The molecule has 0 spiro atoms. The average molecular weight is 370 g/mol. The zero-order valence-corrected chi connectivity index (χ0v) is 16.9. The van der Waals surface area contributed by atoms with Gasteiger partial charge in [-0.1, -0.05) is 33.6 Å². The molecule has 3 amide bonds. The summed E-state index contributed by atoms with van der Waals surface area (Å²) in [7, 11) is 3.46. The van der Waals surface area contributed by atoms with E-state index >= 15 is 0 Å². The highest BCUT2D eigenvalue weighted by atomic mass is 16.5. The smallest absolute Gasteiger partial charge is 0.233 e. The van der Waals surface area contributed by atoms with Crippen molar-refractivity contribution in [3.8, 4) is 0 Å². The summed E-state index contributed by atoms with van der Waals surface area (Å²) < 4.78 is 0. The first-order valence-corrected chi connectivity index (χ1v) is 9.51. The number of carbonyl (C=O) groups is 3. The summed E-state index contributed by atoms with van der Waals surface area (Å²) in [5.41, 5.74) is -1.21. The lowest BCUT2D eigenvalue weighted by molar-refractivity contribution is -0.196. The fraction of sp³-hybridized carbons (Fsp3) is 0.842. The van der Waals surface area contributed by atoms with Gasteiger partial charge in [-0.15, -0.1) is 0 Å². The Labute approximate surface area is 157 Å². The lowest BCUT2D eigenvalue weighted by Gasteiger charge is -2.43. The number of hydrogen-bond acceptors (Lipinski definition) is 4. The van der Waals surface area contributed by atoms with Crippen molar-refractivity contribution in [3.63, 3.8) is 0 Å². The number of carbonyl (C=O) groups excluding carboxylic acids is 3. The fourth-order valence-corrected chi connectivity index (χ4v) is 3.77. The highest BCUT2D eigenvalue weighted by Gasteiger charge is 2.49. The van der Waals surface area contributed by atoms with Crippen LogP contribution in [-0.2, 0) is 14.4 Å². The molecule has 7 nitrogen and oxygen atoms in total. The Kier molecular flexibility index (Phi) is 8.06. The monoisotopic (exact) mass is 369 g/mol. The maximum atomic E-state index is 12.4. The minimum absolute atomic E-state index is 0.0454. The molecule has 0 aliphatic carbocycles. The molecule has 7 heteroatoms. The third kappa shape index (κ3) is 5.43. The minimum atomic E-state index is -0.920. The standard InChI is InChI=1S/C19H35N3O4/c1-6-7-9-19(22(26)14-23,15-8-12-20-17(15)25)11-10-18(2,3)13-16(24)21(4)5/h14-15,26H,6-13H2,1-5H3,(H,20,25). The summed E-state index contributed by atoms with van der Waals surface area (Å²) in [6.07, 6.45) is 4.79. The van der Waals surface area contributed by atoms with Gasteiger partial charge in [-0.3, -0.25) is 19.6 Å². The van der Waals surface area contributed by atoms with Crippen LogP contribution in [0.1, 0.15) is 65.7 Å². The van der Waals surface area contributed by atoms with Crippen LogP contribution >= 0.6 is 0 Å². The Morgan fingerprint density at radius 1 is 1.31 bits per heavy atom. The number of hydroxylamine groups is 2. The summed E-state index contributed by atoms with van der Waals surface area (Å²) in [5, 5.41) is 14.0. The SMILES string of the molecule is CCCCC(CCC(C)(C)CC(=O)N(C)C)(C1CCNC1=O)N(O)C=O. The Morgan fingerprint density at radius 3 is 2.42 bits per heavy atom. The second-order valence-electron chi connectivity index (χ2n) is 8.42. The largest absolute Gasteiger partial charge is 0.356 e. The predicted molar refractivity (Wildman–Crippen MR) is 99.4 cm³/mol. The van der Waals surface area contributed by atoms with E-state index < -0.39 is 11.5 Å². The lowest BCUT2D eigenvalue weighted by Crippen LogP contribution is -2.54. The Morgan fingerprint density at radius 2 is 1.96 bits per heavy atom. The molecule has 1 aliphatic rings. The fourth-order valence-electron chi connectivity index (χ4n) is 3.77. The van der Waals surface area contributed by atoms with Gasteiger partial charge >= 0.3 is 0 Å². The number of hydrogen-bond donors (Lipinski definition) is 2. The van der Waals surface area contributed by atoms with Gasteiger partial charge < -0.3 is 10.2 Å². The maximum Gasteiger partial charge on any atom is 0.233 e. The molecule has 0 aromatic heterocycles. The van der Waals surface area contributed by atoms with E-state index in [1.54, 1.807) is 19.0 Å². The molecule has 0 bridgehead atoms. The number of amides is 3. The molecule has 1 heterocycles. The molecule has 0 radical (unpaired) electrons. The molecule has 1 saturated heterocycles. The number of nitrogens with one attached hydrogen (secondary N) is 1. The van der Waals surface area contributed by atoms with Gasteiger partial charge in [0.25, 0.3) is 0 Å². The van der Waals surface area contributed by atoms with Crippen LogP contribution in [0, 0.1) is 11.3 Å². The van der Waals surface area contributed by atoms with Crippen molar-refractivity contribution in [3.05, 3.63) is 0 Å². The minimum Gasteiger partial charge on any atom is -0.356 e. The van der Waals surface area contributed by atoms with Gasteiger partial charge in [-0.05, 0) is 31.1 Å². The van der Waals surface area contributed by atoms with Crippen molar-refractivity contribution in [1.29, 1.82) is 0 Å². The summed E-state index contributed by atoms with van der Waals surface area (Å²) in [5.74, 6) is -0.488. The van der Waals surface area contributed by atoms with Crippen LogP contribution in [-0.4, -0.2) is 59.6 Å². The van der Waals surface area contributed by atoms with Crippen molar-refractivity contribution in [1.82, 2.24) is 15.3 Å². The van der Waals surface area contributed by atoms with E-state index in [1.165, 1.54) is 0 Å². The van der Waals surface area contributed by atoms with Crippen LogP contribution in [0.3, 0.4) is 0 Å². The van der Waals surface area contributed by atoms with Gasteiger partial charge in [0.05, 0.1) is 11.5 Å².